The second-order valence-corrected chi connectivity index (χ2v) is 7.66. The van der Waals surface area contributed by atoms with Crippen molar-refractivity contribution in [2.75, 3.05) is 25.0 Å². The van der Waals surface area contributed by atoms with Crippen LogP contribution in [0.1, 0.15) is 45.5 Å². The first kappa shape index (κ1) is 20.6. The predicted octanol–water partition coefficient (Wildman–Crippen LogP) is 2.62. The number of carbonyl (C=O) groups is 4. The topological polar surface area (TPSA) is 98.8 Å². The van der Waals surface area contributed by atoms with E-state index < -0.39 is 0 Å². The molecule has 2 aliphatic heterocycles. The Labute approximate surface area is 180 Å². The van der Waals surface area contributed by atoms with Gasteiger partial charge in [0.15, 0.2) is 0 Å². The summed E-state index contributed by atoms with van der Waals surface area (Å²) in [6, 6.07) is 13.8. The lowest BCUT2D eigenvalue weighted by molar-refractivity contribution is -0.121. The molecular formula is C23H24N4O4. The van der Waals surface area contributed by atoms with Gasteiger partial charge in [-0.1, -0.05) is 24.3 Å². The summed E-state index contributed by atoms with van der Waals surface area (Å²) in [5.41, 5.74) is 2.27. The number of urea groups is 1. The number of nitrogens with one attached hydrogen (secondary N) is 2. The van der Waals surface area contributed by atoms with E-state index in [1.165, 1.54) is 0 Å². The van der Waals surface area contributed by atoms with Gasteiger partial charge in [-0.3, -0.25) is 19.3 Å². The molecule has 2 aromatic carbocycles. The zero-order valence-corrected chi connectivity index (χ0v) is 17.1. The summed E-state index contributed by atoms with van der Waals surface area (Å²) >= 11 is 0. The molecule has 1 fully saturated rings. The maximum atomic E-state index is 12.4. The van der Waals surface area contributed by atoms with Gasteiger partial charge < -0.3 is 15.5 Å². The quantitative estimate of drug-likeness (QED) is 0.702. The molecule has 4 rings (SSSR count). The van der Waals surface area contributed by atoms with Crippen molar-refractivity contribution in [1.82, 2.24) is 15.1 Å². The lowest BCUT2D eigenvalue weighted by atomic mass is 10.1. The lowest BCUT2D eigenvalue weighted by Gasteiger charge is -2.16. The average Bonchev–Trinajstić information content (AvgIpc) is 3.40. The molecule has 0 radical (unpaired) electrons. The summed E-state index contributed by atoms with van der Waals surface area (Å²) in [4.78, 5) is 52.1. The van der Waals surface area contributed by atoms with E-state index in [0.717, 1.165) is 36.4 Å². The Kier molecular flexibility index (Phi) is 5.97. The highest BCUT2D eigenvalue weighted by atomic mass is 16.2. The van der Waals surface area contributed by atoms with Crippen molar-refractivity contribution in [2.45, 2.75) is 25.8 Å². The van der Waals surface area contributed by atoms with Crippen molar-refractivity contribution in [3.05, 3.63) is 65.2 Å². The second kappa shape index (κ2) is 8.99. The van der Waals surface area contributed by atoms with Gasteiger partial charge in [0.25, 0.3) is 11.8 Å². The van der Waals surface area contributed by atoms with E-state index in [0.29, 0.717) is 16.8 Å². The minimum absolute atomic E-state index is 0.0247. The third-order valence-corrected chi connectivity index (χ3v) is 5.50. The summed E-state index contributed by atoms with van der Waals surface area (Å²) < 4.78 is 0. The average molecular weight is 420 g/mol. The first-order chi connectivity index (χ1) is 15.0. The minimum atomic E-state index is -0.366. The number of imide groups is 1. The Morgan fingerprint density at radius 2 is 1.58 bits per heavy atom. The number of rotatable bonds is 6. The molecule has 0 saturated carbocycles. The molecule has 0 atom stereocenters. The van der Waals surface area contributed by atoms with Crippen LogP contribution in [0.3, 0.4) is 0 Å². The van der Waals surface area contributed by atoms with Crippen LogP contribution >= 0.6 is 0 Å². The van der Waals surface area contributed by atoms with E-state index in [1.54, 1.807) is 29.2 Å². The van der Waals surface area contributed by atoms with Crippen LogP contribution in [0, 0.1) is 0 Å². The lowest BCUT2D eigenvalue weighted by Crippen LogP contribution is -2.34. The minimum Gasteiger partial charge on any atom is -0.352 e. The van der Waals surface area contributed by atoms with Gasteiger partial charge in [-0.15, -0.1) is 0 Å². The molecule has 0 unspecified atom stereocenters. The molecule has 2 aliphatic rings. The van der Waals surface area contributed by atoms with Gasteiger partial charge in [0.2, 0.25) is 5.91 Å². The van der Waals surface area contributed by atoms with E-state index in [2.05, 4.69) is 10.6 Å². The van der Waals surface area contributed by atoms with E-state index in [9.17, 15) is 19.2 Å². The molecule has 1 saturated heterocycles. The summed E-state index contributed by atoms with van der Waals surface area (Å²) in [5, 5.41) is 5.68. The number of likely N-dealkylation sites (tertiary alicyclic amines) is 1. The number of fused-ring (bicyclic) bond motifs is 1. The van der Waals surface area contributed by atoms with Crippen LogP contribution in [-0.4, -0.2) is 53.2 Å². The fourth-order valence-corrected chi connectivity index (χ4v) is 3.83. The number of hydrogen-bond donors (Lipinski definition) is 2. The first-order valence-electron chi connectivity index (χ1n) is 10.4. The van der Waals surface area contributed by atoms with Gasteiger partial charge in [0.1, 0.15) is 0 Å². The molecule has 0 bridgehead atoms. The SMILES string of the molecule is O=C(CCN1C(=O)c2ccccc2C1=O)NCc1cccc(NC(=O)N2CCCC2)c1. The molecule has 2 aromatic rings. The van der Waals surface area contributed by atoms with E-state index in [1.807, 2.05) is 24.3 Å². The van der Waals surface area contributed by atoms with Gasteiger partial charge in [-0.2, -0.15) is 0 Å². The Bertz CT molecular complexity index is 995. The van der Waals surface area contributed by atoms with Crippen LogP contribution in [0.5, 0.6) is 0 Å². The summed E-state index contributed by atoms with van der Waals surface area (Å²) in [7, 11) is 0. The molecule has 0 aliphatic carbocycles. The summed E-state index contributed by atoms with van der Waals surface area (Å²) in [5.74, 6) is -0.993. The van der Waals surface area contributed by atoms with E-state index in [4.69, 9.17) is 0 Å². The molecule has 160 valence electrons. The number of amides is 5. The molecular weight excluding hydrogens is 396 g/mol. The highest BCUT2D eigenvalue weighted by molar-refractivity contribution is 6.21. The molecule has 2 heterocycles. The molecule has 0 aromatic heterocycles. The van der Waals surface area contributed by atoms with Gasteiger partial charge in [0.05, 0.1) is 11.1 Å². The van der Waals surface area contributed by atoms with E-state index >= 15 is 0 Å². The van der Waals surface area contributed by atoms with Crippen molar-refractivity contribution < 1.29 is 19.2 Å². The molecule has 2 N–H and O–H groups in total. The fraction of sp³-hybridized carbons (Fsp3) is 0.304. The van der Waals surface area contributed by atoms with Crippen LogP contribution in [0.25, 0.3) is 0 Å². The van der Waals surface area contributed by atoms with Crippen molar-refractivity contribution in [3.8, 4) is 0 Å². The zero-order valence-electron chi connectivity index (χ0n) is 17.1. The fourth-order valence-electron chi connectivity index (χ4n) is 3.83. The number of nitrogens with zero attached hydrogens (tertiary/aromatic N) is 2. The number of hydrogen-bond acceptors (Lipinski definition) is 4. The smallest absolute Gasteiger partial charge is 0.321 e. The normalized spacial score (nSPS) is 15.2. The van der Waals surface area contributed by atoms with Crippen LogP contribution in [0.2, 0.25) is 0 Å². The molecule has 31 heavy (non-hydrogen) atoms. The van der Waals surface area contributed by atoms with Crippen molar-refractivity contribution in [1.29, 1.82) is 0 Å². The Morgan fingerprint density at radius 1 is 0.903 bits per heavy atom. The molecule has 8 heteroatoms. The standard InChI is InChI=1S/C23H24N4O4/c28-20(10-13-27-21(29)18-8-1-2-9-19(18)22(27)30)24-15-16-6-5-7-17(14-16)25-23(31)26-11-3-4-12-26/h1-2,5-9,14H,3-4,10-13,15H2,(H,24,28)(H,25,31). The van der Waals surface area contributed by atoms with Crippen LogP contribution in [-0.2, 0) is 11.3 Å². The van der Waals surface area contributed by atoms with Gasteiger partial charge in [-0.05, 0) is 42.7 Å². The van der Waals surface area contributed by atoms with Crippen molar-refractivity contribution in [3.63, 3.8) is 0 Å². The van der Waals surface area contributed by atoms with Gasteiger partial charge in [-0.25, -0.2) is 4.79 Å². The first-order valence-corrected chi connectivity index (χ1v) is 10.4. The highest BCUT2D eigenvalue weighted by Gasteiger charge is 2.34. The van der Waals surface area contributed by atoms with Crippen LogP contribution < -0.4 is 10.6 Å². The molecule has 8 nitrogen and oxygen atoms in total. The van der Waals surface area contributed by atoms with Gasteiger partial charge >= 0.3 is 6.03 Å². The molecule has 0 spiro atoms. The third-order valence-electron chi connectivity index (χ3n) is 5.50. The second-order valence-electron chi connectivity index (χ2n) is 7.66. The highest BCUT2D eigenvalue weighted by Crippen LogP contribution is 2.22. The molecule has 5 amide bonds. The number of carbonyl (C=O) groups excluding carboxylic acids is 4. The monoisotopic (exact) mass is 420 g/mol. The Hall–Kier alpha value is -3.68. The van der Waals surface area contributed by atoms with Crippen LogP contribution in [0.4, 0.5) is 10.5 Å². The van der Waals surface area contributed by atoms with E-state index in [-0.39, 0.29) is 43.3 Å². The largest absolute Gasteiger partial charge is 0.352 e. The van der Waals surface area contributed by atoms with Gasteiger partial charge in [0, 0.05) is 38.3 Å². The van der Waals surface area contributed by atoms with Crippen LogP contribution in [0.15, 0.2) is 48.5 Å². The summed E-state index contributed by atoms with van der Waals surface area (Å²) in [6.45, 7) is 1.86. The zero-order chi connectivity index (χ0) is 21.8. The number of anilines is 1. The van der Waals surface area contributed by atoms with Crippen molar-refractivity contribution >= 4 is 29.4 Å². The maximum absolute atomic E-state index is 12.4. The Morgan fingerprint density at radius 3 is 2.26 bits per heavy atom. The third kappa shape index (κ3) is 4.58. The Balaban J connectivity index is 1.26. The maximum Gasteiger partial charge on any atom is 0.321 e. The number of benzene rings is 2. The van der Waals surface area contributed by atoms with Crippen molar-refractivity contribution in [2.24, 2.45) is 0 Å². The predicted molar refractivity (Wildman–Crippen MR) is 115 cm³/mol. The summed E-state index contributed by atoms with van der Waals surface area (Å²) in [6.07, 6.45) is 2.08.